The van der Waals surface area contributed by atoms with E-state index in [1.54, 1.807) is 6.07 Å². The third kappa shape index (κ3) is 3.43. The Balaban J connectivity index is 0.000000371. The summed E-state index contributed by atoms with van der Waals surface area (Å²) in [6.07, 6.45) is 3.07. The van der Waals surface area contributed by atoms with E-state index in [0.29, 0.717) is 10.0 Å². The van der Waals surface area contributed by atoms with Gasteiger partial charge in [0.25, 0.3) is 0 Å². The molecule has 0 fully saturated rings. The Morgan fingerprint density at radius 3 is 1.80 bits per heavy atom. The SMILES string of the molecule is C=O.Clc1cncc(Cl)c1. The molecular formula is C6H5Cl2NO. The predicted octanol–water partition coefficient (Wildman–Crippen LogP) is 2.20. The molecule has 0 aromatic carbocycles. The van der Waals surface area contributed by atoms with Gasteiger partial charge in [-0.15, -0.1) is 0 Å². The van der Waals surface area contributed by atoms with Crippen molar-refractivity contribution < 1.29 is 4.79 Å². The molecule has 2 nitrogen and oxygen atoms in total. The van der Waals surface area contributed by atoms with Gasteiger partial charge in [-0.3, -0.25) is 4.98 Å². The standard InChI is InChI=1S/C5H3Cl2N.CH2O/c6-4-1-5(7)3-8-2-4;1-2/h1-3H;1H2. The number of rotatable bonds is 0. The Morgan fingerprint density at radius 2 is 1.60 bits per heavy atom. The van der Waals surface area contributed by atoms with Gasteiger partial charge in [-0.1, -0.05) is 23.2 Å². The highest BCUT2D eigenvalue weighted by Gasteiger charge is 1.86. The first-order valence-corrected chi connectivity index (χ1v) is 3.09. The van der Waals surface area contributed by atoms with Gasteiger partial charge in [-0.2, -0.15) is 0 Å². The van der Waals surface area contributed by atoms with Crippen molar-refractivity contribution in [1.29, 1.82) is 0 Å². The Morgan fingerprint density at radius 1 is 1.20 bits per heavy atom. The highest BCUT2D eigenvalue weighted by atomic mass is 35.5. The Hall–Kier alpha value is -0.600. The smallest absolute Gasteiger partial charge is 0.106 e. The molecule has 0 unspecified atom stereocenters. The van der Waals surface area contributed by atoms with E-state index in [0.717, 1.165) is 0 Å². The quantitative estimate of drug-likeness (QED) is 0.609. The zero-order chi connectivity index (χ0) is 7.98. The van der Waals surface area contributed by atoms with Crippen LogP contribution in [0, 0.1) is 0 Å². The summed E-state index contributed by atoms with van der Waals surface area (Å²) in [6, 6.07) is 1.64. The predicted molar refractivity (Wildman–Crippen MR) is 41.4 cm³/mol. The number of halogens is 2. The minimum Gasteiger partial charge on any atom is -0.307 e. The van der Waals surface area contributed by atoms with E-state index in [-0.39, 0.29) is 0 Å². The van der Waals surface area contributed by atoms with Gasteiger partial charge < -0.3 is 4.79 Å². The number of carbonyl (C=O) groups excluding carboxylic acids is 1. The van der Waals surface area contributed by atoms with Crippen LogP contribution in [0.4, 0.5) is 0 Å². The van der Waals surface area contributed by atoms with Crippen LogP contribution in [0.25, 0.3) is 0 Å². The number of hydrogen-bond donors (Lipinski definition) is 0. The average molecular weight is 178 g/mol. The van der Waals surface area contributed by atoms with Gasteiger partial charge in [0.05, 0.1) is 10.0 Å². The maximum absolute atomic E-state index is 8.00. The lowest BCUT2D eigenvalue weighted by Gasteiger charge is -1.85. The summed E-state index contributed by atoms with van der Waals surface area (Å²) >= 11 is 11.0. The molecular weight excluding hydrogens is 173 g/mol. The van der Waals surface area contributed by atoms with Crippen molar-refractivity contribution in [1.82, 2.24) is 4.98 Å². The van der Waals surface area contributed by atoms with Crippen molar-refractivity contribution in [2.24, 2.45) is 0 Å². The number of pyridine rings is 1. The van der Waals surface area contributed by atoms with Gasteiger partial charge in [-0.05, 0) is 6.07 Å². The van der Waals surface area contributed by atoms with Crippen LogP contribution >= 0.6 is 23.2 Å². The van der Waals surface area contributed by atoms with Crippen molar-refractivity contribution >= 4 is 30.0 Å². The van der Waals surface area contributed by atoms with Crippen LogP contribution in [-0.4, -0.2) is 11.8 Å². The maximum atomic E-state index is 8.00. The summed E-state index contributed by atoms with van der Waals surface area (Å²) in [5.74, 6) is 0. The molecule has 0 N–H and O–H groups in total. The number of carbonyl (C=O) groups is 1. The van der Waals surface area contributed by atoms with Crippen LogP contribution in [0.1, 0.15) is 0 Å². The first-order valence-electron chi connectivity index (χ1n) is 2.34. The van der Waals surface area contributed by atoms with E-state index < -0.39 is 0 Å². The Labute approximate surface area is 68.8 Å². The fraction of sp³-hybridized carbons (Fsp3) is 0. The zero-order valence-corrected chi connectivity index (χ0v) is 6.56. The molecule has 0 bridgehead atoms. The highest BCUT2D eigenvalue weighted by molar-refractivity contribution is 6.34. The van der Waals surface area contributed by atoms with Gasteiger partial charge >= 0.3 is 0 Å². The minimum absolute atomic E-state index is 0.567. The molecule has 0 aliphatic carbocycles. The number of aromatic nitrogens is 1. The molecule has 4 heteroatoms. The molecule has 1 rings (SSSR count). The molecule has 1 aromatic heterocycles. The lowest BCUT2D eigenvalue weighted by atomic mass is 10.5. The van der Waals surface area contributed by atoms with E-state index in [1.807, 2.05) is 6.79 Å². The van der Waals surface area contributed by atoms with Crippen molar-refractivity contribution in [2.45, 2.75) is 0 Å². The first-order chi connectivity index (χ1) is 4.79. The second-order valence-electron chi connectivity index (χ2n) is 1.32. The van der Waals surface area contributed by atoms with Gasteiger partial charge in [-0.25, -0.2) is 0 Å². The topological polar surface area (TPSA) is 30.0 Å². The van der Waals surface area contributed by atoms with E-state index in [1.165, 1.54) is 12.4 Å². The van der Waals surface area contributed by atoms with Crippen molar-refractivity contribution in [3.63, 3.8) is 0 Å². The first kappa shape index (κ1) is 9.40. The molecule has 0 atom stereocenters. The molecule has 0 aliphatic rings. The van der Waals surface area contributed by atoms with Gasteiger partial charge in [0.15, 0.2) is 0 Å². The Kier molecular flexibility index (Phi) is 4.89. The molecule has 0 radical (unpaired) electrons. The third-order valence-electron chi connectivity index (χ3n) is 0.672. The average Bonchev–Trinajstić information content (AvgIpc) is 1.91. The molecule has 10 heavy (non-hydrogen) atoms. The third-order valence-corrected chi connectivity index (χ3v) is 1.08. The van der Waals surface area contributed by atoms with Crippen molar-refractivity contribution in [3.8, 4) is 0 Å². The molecule has 1 heterocycles. The molecule has 0 spiro atoms. The Bertz CT molecular complexity index is 187. The van der Waals surface area contributed by atoms with E-state index in [4.69, 9.17) is 28.0 Å². The van der Waals surface area contributed by atoms with Gasteiger partial charge in [0.1, 0.15) is 6.79 Å². The molecule has 0 aliphatic heterocycles. The van der Waals surface area contributed by atoms with E-state index >= 15 is 0 Å². The monoisotopic (exact) mass is 177 g/mol. The van der Waals surface area contributed by atoms with Crippen LogP contribution in [0.2, 0.25) is 10.0 Å². The van der Waals surface area contributed by atoms with Gasteiger partial charge in [0, 0.05) is 12.4 Å². The lowest BCUT2D eigenvalue weighted by molar-refractivity contribution is -0.0979. The lowest BCUT2D eigenvalue weighted by Crippen LogP contribution is -1.68. The van der Waals surface area contributed by atoms with Crippen LogP contribution in [0.15, 0.2) is 18.5 Å². The summed E-state index contributed by atoms with van der Waals surface area (Å²) < 4.78 is 0. The van der Waals surface area contributed by atoms with Crippen LogP contribution < -0.4 is 0 Å². The van der Waals surface area contributed by atoms with Crippen molar-refractivity contribution in [3.05, 3.63) is 28.5 Å². The van der Waals surface area contributed by atoms with Crippen molar-refractivity contribution in [2.75, 3.05) is 0 Å². The summed E-state index contributed by atoms with van der Waals surface area (Å²) in [7, 11) is 0. The maximum Gasteiger partial charge on any atom is 0.106 e. The summed E-state index contributed by atoms with van der Waals surface area (Å²) in [6.45, 7) is 2.00. The fourth-order valence-electron chi connectivity index (χ4n) is 0.386. The largest absolute Gasteiger partial charge is 0.307 e. The molecule has 0 amide bonds. The molecule has 0 saturated heterocycles. The second-order valence-corrected chi connectivity index (χ2v) is 2.19. The zero-order valence-electron chi connectivity index (χ0n) is 5.05. The number of nitrogens with zero attached hydrogens (tertiary/aromatic N) is 1. The molecule has 1 aromatic rings. The minimum atomic E-state index is 0.567. The normalized spacial score (nSPS) is 7.80. The summed E-state index contributed by atoms with van der Waals surface area (Å²) in [4.78, 5) is 11.7. The van der Waals surface area contributed by atoms with Crippen LogP contribution in [-0.2, 0) is 4.79 Å². The molecule has 54 valence electrons. The fourth-order valence-corrected chi connectivity index (χ4v) is 0.790. The van der Waals surface area contributed by atoms with Gasteiger partial charge in [0.2, 0.25) is 0 Å². The highest BCUT2D eigenvalue weighted by Crippen LogP contribution is 2.11. The molecule has 0 saturated carbocycles. The number of hydrogen-bond acceptors (Lipinski definition) is 2. The second kappa shape index (κ2) is 5.21. The van der Waals surface area contributed by atoms with Crippen LogP contribution in [0.3, 0.4) is 0 Å². The summed E-state index contributed by atoms with van der Waals surface area (Å²) in [5, 5.41) is 1.13. The van der Waals surface area contributed by atoms with E-state index in [9.17, 15) is 0 Å². The van der Waals surface area contributed by atoms with E-state index in [2.05, 4.69) is 4.98 Å². The summed E-state index contributed by atoms with van der Waals surface area (Å²) in [5.41, 5.74) is 0. The van der Waals surface area contributed by atoms with Crippen LogP contribution in [0.5, 0.6) is 0 Å².